The summed E-state index contributed by atoms with van der Waals surface area (Å²) in [6.45, 7) is 2.55. The molecule has 0 aliphatic rings. The van der Waals surface area contributed by atoms with Crippen molar-refractivity contribution in [2.75, 3.05) is 13.1 Å². The van der Waals surface area contributed by atoms with Crippen LogP contribution in [-0.4, -0.2) is 29.3 Å². The Morgan fingerprint density at radius 2 is 2.25 bits per heavy atom. The van der Waals surface area contributed by atoms with Crippen LogP contribution in [0.4, 0.5) is 0 Å². The Labute approximate surface area is 93.9 Å². The van der Waals surface area contributed by atoms with E-state index in [1.54, 1.807) is 12.1 Å². The minimum absolute atomic E-state index is 0.0167. The Morgan fingerprint density at radius 1 is 1.56 bits per heavy atom. The third-order valence-electron chi connectivity index (χ3n) is 2.24. The molecular weight excluding hydrogens is 208 g/mol. The SMILES string of the molecule is Cc1ccc(C(NCCN)C(=O)O)c(O)c1. The van der Waals surface area contributed by atoms with E-state index in [2.05, 4.69) is 5.32 Å². The van der Waals surface area contributed by atoms with Gasteiger partial charge in [-0.15, -0.1) is 0 Å². The first-order chi connectivity index (χ1) is 7.56. The zero-order valence-electron chi connectivity index (χ0n) is 9.10. The highest BCUT2D eigenvalue weighted by atomic mass is 16.4. The number of carboxylic acids is 1. The van der Waals surface area contributed by atoms with Crippen LogP contribution in [0.5, 0.6) is 5.75 Å². The summed E-state index contributed by atoms with van der Waals surface area (Å²) in [5, 5.41) is 21.5. The topological polar surface area (TPSA) is 95.6 Å². The van der Waals surface area contributed by atoms with Crippen molar-refractivity contribution in [3.05, 3.63) is 29.3 Å². The Morgan fingerprint density at radius 3 is 2.75 bits per heavy atom. The Hall–Kier alpha value is -1.59. The first kappa shape index (κ1) is 12.5. The van der Waals surface area contributed by atoms with Crippen LogP contribution in [0.2, 0.25) is 0 Å². The molecule has 5 heteroatoms. The van der Waals surface area contributed by atoms with Crippen molar-refractivity contribution in [2.45, 2.75) is 13.0 Å². The van der Waals surface area contributed by atoms with Crippen LogP contribution in [0.3, 0.4) is 0 Å². The third-order valence-corrected chi connectivity index (χ3v) is 2.24. The van der Waals surface area contributed by atoms with Crippen LogP contribution in [0.15, 0.2) is 18.2 Å². The lowest BCUT2D eigenvalue weighted by atomic mass is 10.0. The van der Waals surface area contributed by atoms with E-state index in [1.807, 2.05) is 6.92 Å². The van der Waals surface area contributed by atoms with E-state index in [1.165, 1.54) is 6.07 Å². The molecule has 1 rings (SSSR count). The van der Waals surface area contributed by atoms with Crippen molar-refractivity contribution >= 4 is 5.97 Å². The number of rotatable bonds is 5. The third kappa shape index (κ3) is 2.95. The maximum Gasteiger partial charge on any atom is 0.325 e. The number of aromatic hydroxyl groups is 1. The molecule has 0 bridgehead atoms. The summed E-state index contributed by atoms with van der Waals surface area (Å²) in [4.78, 5) is 11.0. The van der Waals surface area contributed by atoms with E-state index in [4.69, 9.17) is 10.8 Å². The fourth-order valence-electron chi connectivity index (χ4n) is 1.46. The van der Waals surface area contributed by atoms with Gasteiger partial charge in [0.25, 0.3) is 0 Å². The van der Waals surface area contributed by atoms with Crippen molar-refractivity contribution in [1.29, 1.82) is 0 Å². The number of phenols is 1. The van der Waals surface area contributed by atoms with Crippen molar-refractivity contribution < 1.29 is 15.0 Å². The molecule has 0 radical (unpaired) electrons. The molecule has 88 valence electrons. The molecule has 0 aliphatic heterocycles. The van der Waals surface area contributed by atoms with Gasteiger partial charge in [-0.05, 0) is 18.6 Å². The molecule has 1 aromatic carbocycles. The van der Waals surface area contributed by atoms with Gasteiger partial charge in [-0.25, -0.2) is 0 Å². The van der Waals surface area contributed by atoms with Crippen LogP contribution in [0.25, 0.3) is 0 Å². The van der Waals surface area contributed by atoms with Gasteiger partial charge in [0.2, 0.25) is 0 Å². The van der Waals surface area contributed by atoms with Gasteiger partial charge >= 0.3 is 5.97 Å². The Bertz CT molecular complexity index is 379. The molecule has 0 amide bonds. The molecule has 0 heterocycles. The number of aryl methyl sites for hydroxylation is 1. The molecule has 1 aromatic rings. The monoisotopic (exact) mass is 224 g/mol. The molecule has 16 heavy (non-hydrogen) atoms. The second-order valence-electron chi connectivity index (χ2n) is 3.58. The Balaban J connectivity index is 2.96. The van der Waals surface area contributed by atoms with Crippen molar-refractivity contribution in [3.8, 4) is 5.75 Å². The van der Waals surface area contributed by atoms with Crippen LogP contribution in [0.1, 0.15) is 17.2 Å². The van der Waals surface area contributed by atoms with Crippen LogP contribution >= 0.6 is 0 Å². The molecular formula is C11H16N2O3. The van der Waals surface area contributed by atoms with Gasteiger partial charge in [-0.3, -0.25) is 10.1 Å². The Kier molecular flexibility index (Phi) is 4.28. The zero-order chi connectivity index (χ0) is 12.1. The maximum absolute atomic E-state index is 11.0. The van der Waals surface area contributed by atoms with Crippen molar-refractivity contribution in [2.24, 2.45) is 5.73 Å². The standard InChI is InChI=1S/C11H16N2O3/c1-7-2-3-8(9(14)6-7)10(11(15)16)13-5-4-12/h2-3,6,10,13-14H,4-5,12H2,1H3,(H,15,16). The minimum Gasteiger partial charge on any atom is -0.508 e. The highest BCUT2D eigenvalue weighted by molar-refractivity contribution is 5.76. The maximum atomic E-state index is 11.0. The quantitative estimate of drug-likeness (QED) is 0.579. The van der Waals surface area contributed by atoms with Gasteiger partial charge in [0, 0.05) is 18.7 Å². The van der Waals surface area contributed by atoms with E-state index in [0.717, 1.165) is 5.56 Å². The van der Waals surface area contributed by atoms with Crippen LogP contribution < -0.4 is 11.1 Å². The van der Waals surface area contributed by atoms with Gasteiger partial charge < -0.3 is 15.9 Å². The lowest BCUT2D eigenvalue weighted by molar-refractivity contribution is -0.139. The fourth-order valence-corrected chi connectivity index (χ4v) is 1.46. The molecule has 0 saturated heterocycles. The van der Waals surface area contributed by atoms with E-state index < -0.39 is 12.0 Å². The fraction of sp³-hybridized carbons (Fsp3) is 0.364. The van der Waals surface area contributed by atoms with Crippen LogP contribution in [0, 0.1) is 6.92 Å². The molecule has 0 saturated carbocycles. The normalized spacial score (nSPS) is 12.4. The molecule has 0 fully saturated rings. The van der Waals surface area contributed by atoms with Gasteiger partial charge in [0.1, 0.15) is 11.8 Å². The average molecular weight is 224 g/mol. The number of hydrogen-bond acceptors (Lipinski definition) is 4. The second kappa shape index (κ2) is 5.48. The number of phenolic OH excluding ortho intramolecular Hbond substituents is 1. The summed E-state index contributed by atoms with van der Waals surface area (Å²) in [6, 6.07) is 3.97. The second-order valence-corrected chi connectivity index (χ2v) is 3.58. The molecule has 1 unspecified atom stereocenters. The highest BCUT2D eigenvalue weighted by Crippen LogP contribution is 2.25. The van der Waals surface area contributed by atoms with Crippen molar-refractivity contribution in [3.63, 3.8) is 0 Å². The molecule has 5 N–H and O–H groups in total. The lowest BCUT2D eigenvalue weighted by Crippen LogP contribution is -2.32. The van der Waals surface area contributed by atoms with Crippen LogP contribution in [-0.2, 0) is 4.79 Å². The number of nitrogens with two attached hydrogens (primary N) is 1. The number of benzene rings is 1. The van der Waals surface area contributed by atoms with E-state index in [0.29, 0.717) is 18.7 Å². The number of carboxylic acid groups (broad SMARTS) is 1. The zero-order valence-corrected chi connectivity index (χ0v) is 9.10. The molecule has 1 atom stereocenters. The van der Waals surface area contributed by atoms with E-state index in [9.17, 15) is 9.90 Å². The van der Waals surface area contributed by atoms with Gasteiger partial charge in [-0.1, -0.05) is 12.1 Å². The number of aliphatic carboxylic acids is 1. The van der Waals surface area contributed by atoms with Gasteiger partial charge in [0.05, 0.1) is 0 Å². The summed E-state index contributed by atoms with van der Waals surface area (Å²) in [6.07, 6.45) is 0. The molecule has 0 spiro atoms. The van der Waals surface area contributed by atoms with Gasteiger partial charge in [-0.2, -0.15) is 0 Å². The summed E-state index contributed by atoms with van der Waals surface area (Å²) >= 11 is 0. The largest absolute Gasteiger partial charge is 0.508 e. The molecule has 0 aromatic heterocycles. The predicted molar refractivity (Wildman–Crippen MR) is 60.3 cm³/mol. The lowest BCUT2D eigenvalue weighted by Gasteiger charge is -2.15. The summed E-state index contributed by atoms with van der Waals surface area (Å²) in [5.74, 6) is -1.05. The molecule has 5 nitrogen and oxygen atoms in total. The predicted octanol–water partition coefficient (Wildman–Crippen LogP) is 0.375. The van der Waals surface area contributed by atoms with Crippen molar-refractivity contribution in [1.82, 2.24) is 5.32 Å². The summed E-state index contributed by atoms with van der Waals surface area (Å²) in [7, 11) is 0. The average Bonchev–Trinajstić information content (AvgIpc) is 2.20. The van der Waals surface area contributed by atoms with E-state index >= 15 is 0 Å². The number of carbonyl (C=O) groups is 1. The first-order valence-corrected chi connectivity index (χ1v) is 5.02. The highest BCUT2D eigenvalue weighted by Gasteiger charge is 2.21. The summed E-state index contributed by atoms with van der Waals surface area (Å²) in [5.41, 5.74) is 6.53. The molecule has 0 aliphatic carbocycles. The number of hydrogen-bond donors (Lipinski definition) is 4. The smallest absolute Gasteiger partial charge is 0.325 e. The number of nitrogens with one attached hydrogen (secondary N) is 1. The van der Waals surface area contributed by atoms with Gasteiger partial charge in [0.15, 0.2) is 0 Å². The minimum atomic E-state index is -1.03. The van der Waals surface area contributed by atoms with E-state index in [-0.39, 0.29) is 5.75 Å². The first-order valence-electron chi connectivity index (χ1n) is 5.02. The summed E-state index contributed by atoms with van der Waals surface area (Å²) < 4.78 is 0.